The fourth-order valence-corrected chi connectivity index (χ4v) is 3.39. The average Bonchev–Trinajstić information content (AvgIpc) is 3.38. The Balaban J connectivity index is 1.79. The molecule has 0 aliphatic carbocycles. The fraction of sp³-hybridized carbons (Fsp3) is 0.150. The maximum Gasteiger partial charge on any atom is 0.148 e. The van der Waals surface area contributed by atoms with E-state index in [1.54, 1.807) is 12.5 Å². The summed E-state index contributed by atoms with van der Waals surface area (Å²) in [6, 6.07) is 8.17. The molecule has 7 heteroatoms. The Hall–Kier alpha value is -3.61. The maximum absolute atomic E-state index is 5.33. The molecule has 0 atom stereocenters. The van der Waals surface area contributed by atoms with Crippen molar-refractivity contribution in [2.45, 2.75) is 6.92 Å². The molecule has 0 saturated carbocycles. The van der Waals surface area contributed by atoms with Gasteiger partial charge in [-0.2, -0.15) is 5.10 Å². The molecule has 27 heavy (non-hydrogen) atoms. The van der Waals surface area contributed by atoms with Gasteiger partial charge in [-0.05, 0) is 36.2 Å². The molecule has 7 nitrogen and oxygen atoms in total. The topological polar surface area (TPSA) is 71.9 Å². The van der Waals surface area contributed by atoms with Crippen LogP contribution < -0.4 is 4.90 Å². The third-order valence-electron chi connectivity index (χ3n) is 4.80. The molecule has 1 N–H and O–H groups in total. The number of hydrogen-bond donors (Lipinski definition) is 1. The molecule has 0 saturated heterocycles. The predicted octanol–water partition coefficient (Wildman–Crippen LogP) is 3.43. The van der Waals surface area contributed by atoms with Gasteiger partial charge in [0, 0.05) is 41.8 Å². The van der Waals surface area contributed by atoms with Gasteiger partial charge in [0.25, 0.3) is 0 Å². The number of aromatic nitrogens is 5. The molecule has 1 aliphatic rings. The van der Waals surface area contributed by atoms with Crippen LogP contribution in [-0.4, -0.2) is 37.9 Å². The lowest BCUT2D eigenvalue weighted by Gasteiger charge is -2.23. The van der Waals surface area contributed by atoms with E-state index in [9.17, 15) is 0 Å². The lowest BCUT2D eigenvalue weighted by atomic mass is 10.0. The second-order valence-electron chi connectivity index (χ2n) is 6.43. The van der Waals surface area contributed by atoms with Crippen LogP contribution in [0.1, 0.15) is 5.56 Å². The Morgan fingerprint density at radius 1 is 1.15 bits per heavy atom. The predicted molar refractivity (Wildman–Crippen MR) is 104 cm³/mol. The van der Waals surface area contributed by atoms with Crippen LogP contribution in [0.25, 0.3) is 28.0 Å². The van der Waals surface area contributed by atoms with E-state index in [2.05, 4.69) is 39.1 Å². The number of H-pyrrole nitrogens is 1. The number of rotatable bonds is 3. The van der Waals surface area contributed by atoms with E-state index < -0.39 is 0 Å². The van der Waals surface area contributed by atoms with Crippen molar-refractivity contribution in [3.05, 3.63) is 67.1 Å². The molecule has 0 aromatic carbocycles. The van der Waals surface area contributed by atoms with Crippen molar-refractivity contribution >= 4 is 16.9 Å². The number of aryl methyl sites for hydroxylation is 1. The van der Waals surface area contributed by atoms with E-state index in [0.29, 0.717) is 6.61 Å². The van der Waals surface area contributed by atoms with Gasteiger partial charge in [0.2, 0.25) is 0 Å². The standard InChI is InChI=1S/C20H18N6O/c1-14-2-5-21-13-17(14)16-12-19(25-8-10-27-11-9-25)23-20-15(16)4-7-26(20)18-3-6-22-24-18/h2-8,10,12-13H,9,11H2,1H3,(H,22,24). The van der Waals surface area contributed by atoms with Gasteiger partial charge in [-0.15, -0.1) is 0 Å². The van der Waals surface area contributed by atoms with Crippen molar-refractivity contribution in [3.8, 4) is 16.9 Å². The number of ether oxygens (including phenoxy) is 1. The zero-order valence-electron chi connectivity index (χ0n) is 14.8. The first kappa shape index (κ1) is 15.6. The zero-order chi connectivity index (χ0) is 18.2. The highest BCUT2D eigenvalue weighted by Crippen LogP contribution is 2.34. The van der Waals surface area contributed by atoms with Crippen LogP contribution in [0.2, 0.25) is 0 Å². The summed E-state index contributed by atoms with van der Waals surface area (Å²) in [6.45, 7) is 3.49. The molecule has 4 aromatic heterocycles. The van der Waals surface area contributed by atoms with Gasteiger partial charge in [-0.25, -0.2) is 4.98 Å². The van der Waals surface area contributed by atoms with E-state index >= 15 is 0 Å². The molecule has 4 aromatic rings. The third-order valence-corrected chi connectivity index (χ3v) is 4.80. The van der Waals surface area contributed by atoms with E-state index in [1.165, 1.54) is 5.56 Å². The van der Waals surface area contributed by atoms with Crippen LogP contribution in [0.3, 0.4) is 0 Å². The number of nitrogens with one attached hydrogen (secondary N) is 1. The SMILES string of the molecule is Cc1ccncc1-c1cc(N2C=COCC2)nc2c1ccn2-c1ccn[nH]1. The lowest BCUT2D eigenvalue weighted by molar-refractivity contribution is 0.245. The van der Waals surface area contributed by atoms with Crippen LogP contribution in [0.4, 0.5) is 5.82 Å². The summed E-state index contributed by atoms with van der Waals surface area (Å²) in [4.78, 5) is 11.4. The van der Waals surface area contributed by atoms with Crippen LogP contribution >= 0.6 is 0 Å². The van der Waals surface area contributed by atoms with Crippen LogP contribution in [0.5, 0.6) is 0 Å². The van der Waals surface area contributed by atoms with Crippen LogP contribution in [0, 0.1) is 6.92 Å². The first-order valence-electron chi connectivity index (χ1n) is 8.79. The first-order valence-corrected chi connectivity index (χ1v) is 8.79. The summed E-state index contributed by atoms with van der Waals surface area (Å²) in [5.41, 5.74) is 4.26. The van der Waals surface area contributed by atoms with E-state index in [-0.39, 0.29) is 0 Å². The molecular formula is C20H18N6O. The smallest absolute Gasteiger partial charge is 0.148 e. The summed E-state index contributed by atoms with van der Waals surface area (Å²) in [5, 5.41) is 8.16. The lowest BCUT2D eigenvalue weighted by Crippen LogP contribution is -2.25. The molecule has 0 unspecified atom stereocenters. The largest absolute Gasteiger partial charge is 0.498 e. The molecule has 0 fully saturated rings. The number of nitrogens with zero attached hydrogens (tertiary/aromatic N) is 5. The van der Waals surface area contributed by atoms with Gasteiger partial charge in [-0.3, -0.25) is 14.6 Å². The molecule has 1 aliphatic heterocycles. The highest BCUT2D eigenvalue weighted by molar-refractivity contribution is 5.96. The second kappa shape index (κ2) is 6.28. The van der Waals surface area contributed by atoms with Crippen molar-refractivity contribution < 1.29 is 4.74 Å². The van der Waals surface area contributed by atoms with Crippen LogP contribution in [-0.2, 0) is 4.74 Å². The van der Waals surface area contributed by atoms with E-state index in [1.807, 2.05) is 41.5 Å². The number of hydrogen-bond acceptors (Lipinski definition) is 5. The monoisotopic (exact) mass is 358 g/mol. The summed E-state index contributed by atoms with van der Waals surface area (Å²) >= 11 is 0. The quantitative estimate of drug-likeness (QED) is 0.607. The van der Waals surface area contributed by atoms with Gasteiger partial charge in [0.15, 0.2) is 0 Å². The Bertz CT molecular complexity index is 1130. The van der Waals surface area contributed by atoms with Gasteiger partial charge in [0.05, 0.1) is 19.0 Å². The van der Waals surface area contributed by atoms with E-state index in [4.69, 9.17) is 9.72 Å². The minimum Gasteiger partial charge on any atom is -0.498 e. The summed E-state index contributed by atoms with van der Waals surface area (Å²) in [6.07, 6.45) is 11.1. The maximum atomic E-state index is 5.33. The molecule has 0 amide bonds. The third kappa shape index (κ3) is 2.64. The Labute approximate surface area is 155 Å². The Morgan fingerprint density at radius 2 is 2.11 bits per heavy atom. The Kier molecular flexibility index (Phi) is 3.64. The molecule has 134 valence electrons. The second-order valence-corrected chi connectivity index (χ2v) is 6.43. The molecule has 5 rings (SSSR count). The molecule has 0 bridgehead atoms. The Morgan fingerprint density at radius 3 is 2.89 bits per heavy atom. The first-order chi connectivity index (χ1) is 13.3. The van der Waals surface area contributed by atoms with Crippen molar-refractivity contribution in [1.29, 1.82) is 0 Å². The highest BCUT2D eigenvalue weighted by Gasteiger charge is 2.17. The summed E-state index contributed by atoms with van der Waals surface area (Å²) in [7, 11) is 0. The van der Waals surface area contributed by atoms with Crippen molar-refractivity contribution in [1.82, 2.24) is 24.7 Å². The average molecular weight is 358 g/mol. The highest BCUT2D eigenvalue weighted by atomic mass is 16.5. The minimum absolute atomic E-state index is 0.638. The number of aromatic amines is 1. The van der Waals surface area contributed by atoms with Crippen LogP contribution in [0.15, 0.2) is 61.5 Å². The molecular weight excluding hydrogens is 340 g/mol. The van der Waals surface area contributed by atoms with Crippen molar-refractivity contribution in [2.24, 2.45) is 0 Å². The molecule has 0 spiro atoms. The fourth-order valence-electron chi connectivity index (χ4n) is 3.39. The summed E-state index contributed by atoms with van der Waals surface area (Å²) < 4.78 is 7.35. The van der Waals surface area contributed by atoms with Crippen molar-refractivity contribution in [2.75, 3.05) is 18.1 Å². The number of fused-ring (bicyclic) bond motifs is 1. The van der Waals surface area contributed by atoms with Crippen molar-refractivity contribution in [3.63, 3.8) is 0 Å². The van der Waals surface area contributed by atoms with Gasteiger partial charge in [0.1, 0.15) is 23.9 Å². The molecule has 5 heterocycles. The normalized spacial score (nSPS) is 13.9. The number of pyridine rings is 2. The van der Waals surface area contributed by atoms with Gasteiger partial charge in [-0.1, -0.05) is 0 Å². The number of anilines is 1. The summed E-state index contributed by atoms with van der Waals surface area (Å²) in [5.74, 6) is 1.75. The van der Waals surface area contributed by atoms with E-state index in [0.717, 1.165) is 40.3 Å². The van der Waals surface area contributed by atoms with Gasteiger partial charge < -0.3 is 9.64 Å². The molecule has 0 radical (unpaired) electrons. The zero-order valence-corrected chi connectivity index (χ0v) is 14.8. The van der Waals surface area contributed by atoms with Gasteiger partial charge >= 0.3 is 0 Å². The minimum atomic E-state index is 0.638.